The lowest BCUT2D eigenvalue weighted by molar-refractivity contribution is -0.114. The van der Waals surface area contributed by atoms with Gasteiger partial charge < -0.3 is 10.4 Å². The van der Waals surface area contributed by atoms with Crippen molar-refractivity contribution < 1.29 is 9.90 Å². The minimum absolute atomic E-state index is 0.198. The number of aliphatic hydroxyl groups is 1. The van der Waals surface area contributed by atoms with Crippen LogP contribution in [0.3, 0.4) is 0 Å². The second-order valence-corrected chi connectivity index (χ2v) is 3.92. The van der Waals surface area contributed by atoms with Crippen molar-refractivity contribution >= 4 is 5.78 Å². The summed E-state index contributed by atoms with van der Waals surface area (Å²) in [6.45, 7) is 0.601. The fourth-order valence-corrected chi connectivity index (χ4v) is 1.62. The van der Waals surface area contributed by atoms with Crippen LogP contribution in [0.5, 0.6) is 0 Å². The molecule has 0 aromatic rings. The summed E-state index contributed by atoms with van der Waals surface area (Å²) in [5, 5.41) is 12.7. The molecule has 0 amide bonds. The van der Waals surface area contributed by atoms with Gasteiger partial charge in [0.2, 0.25) is 0 Å². The molecule has 0 aromatic heterocycles. The average molecular weight is 181 g/mol. The Morgan fingerprint density at radius 3 is 2.85 bits per heavy atom. The predicted molar refractivity (Wildman–Crippen MR) is 49.1 cm³/mol. The number of rotatable bonds is 4. The largest absolute Gasteiger partial charge is 0.391 e. The molecular weight excluding hydrogens is 166 g/mol. The number of hydrogen-bond acceptors (Lipinski definition) is 3. The van der Waals surface area contributed by atoms with E-state index in [1.807, 2.05) is 0 Å². The summed E-state index contributed by atoms with van der Waals surface area (Å²) < 4.78 is 0. The van der Waals surface area contributed by atoms with Gasteiger partial charge in [-0.2, -0.15) is 0 Å². The van der Waals surface area contributed by atoms with Gasteiger partial charge in [-0.15, -0.1) is 0 Å². The molecule has 1 atom stereocenters. The van der Waals surface area contributed by atoms with Gasteiger partial charge in [-0.1, -0.05) is 0 Å². The van der Waals surface area contributed by atoms with E-state index in [2.05, 4.69) is 5.32 Å². The monoisotopic (exact) mass is 181 g/mol. The molecule has 72 valence electrons. The maximum absolute atomic E-state index is 10.9. The van der Waals surface area contributed by atoms with Crippen LogP contribution in [0.4, 0.5) is 0 Å². The van der Waals surface area contributed by atoms with E-state index in [1.165, 1.54) is 0 Å². The van der Waals surface area contributed by atoms with E-state index in [-0.39, 0.29) is 11.9 Å². The van der Waals surface area contributed by atoms with Crippen molar-refractivity contribution in [1.29, 1.82) is 0 Å². The normalized spacial score (nSPS) is 24.4. The van der Waals surface area contributed by atoms with Crippen molar-refractivity contribution in [2.24, 2.45) is 5.92 Å². The Bertz CT molecular complexity index is 243. The van der Waals surface area contributed by atoms with E-state index in [0.29, 0.717) is 18.9 Å². The highest BCUT2D eigenvalue weighted by molar-refractivity contribution is 5.92. The molecule has 0 spiro atoms. The second kappa shape index (κ2) is 3.50. The van der Waals surface area contributed by atoms with Crippen LogP contribution in [0.25, 0.3) is 0 Å². The molecule has 1 fully saturated rings. The molecule has 1 unspecified atom stereocenters. The highest BCUT2D eigenvalue weighted by Crippen LogP contribution is 2.32. The maximum atomic E-state index is 10.9. The summed E-state index contributed by atoms with van der Waals surface area (Å²) in [6.07, 6.45) is 5.18. The number of carbonyl (C=O) groups excluding carboxylic acids is 1. The first-order chi connectivity index (χ1) is 6.25. The lowest BCUT2D eigenvalue weighted by atomic mass is 10.2. The van der Waals surface area contributed by atoms with Gasteiger partial charge in [0.1, 0.15) is 0 Å². The number of allylic oxidation sites excluding steroid dienone is 2. The summed E-state index contributed by atoms with van der Waals surface area (Å²) in [5.41, 5.74) is 0.990. The lowest BCUT2D eigenvalue weighted by Crippen LogP contribution is -2.27. The zero-order chi connectivity index (χ0) is 9.26. The van der Waals surface area contributed by atoms with Gasteiger partial charge in [-0.3, -0.25) is 4.79 Å². The third-order valence-corrected chi connectivity index (χ3v) is 2.68. The van der Waals surface area contributed by atoms with E-state index in [4.69, 9.17) is 0 Å². The number of nitrogens with one attached hydrogen (secondary N) is 1. The average Bonchev–Trinajstić information content (AvgIpc) is 2.87. The number of hydrogen-bond donors (Lipinski definition) is 2. The van der Waals surface area contributed by atoms with Crippen LogP contribution in [0.1, 0.15) is 25.7 Å². The van der Waals surface area contributed by atoms with Gasteiger partial charge in [0.15, 0.2) is 5.78 Å². The minimum Gasteiger partial charge on any atom is -0.391 e. The Labute approximate surface area is 77.8 Å². The van der Waals surface area contributed by atoms with Gasteiger partial charge >= 0.3 is 0 Å². The van der Waals surface area contributed by atoms with Crippen molar-refractivity contribution in [3.8, 4) is 0 Å². The van der Waals surface area contributed by atoms with Gasteiger partial charge in [0.05, 0.1) is 6.10 Å². The Morgan fingerprint density at radius 2 is 2.31 bits per heavy atom. The summed E-state index contributed by atoms with van der Waals surface area (Å²) in [7, 11) is 0. The van der Waals surface area contributed by atoms with E-state index < -0.39 is 0 Å². The molecule has 0 aliphatic heterocycles. The molecule has 2 rings (SSSR count). The molecule has 0 saturated heterocycles. The molecule has 0 bridgehead atoms. The van der Waals surface area contributed by atoms with Crippen molar-refractivity contribution in [1.82, 2.24) is 5.32 Å². The molecule has 3 nitrogen and oxygen atoms in total. The first kappa shape index (κ1) is 8.75. The van der Waals surface area contributed by atoms with Gasteiger partial charge in [0, 0.05) is 24.7 Å². The number of carbonyl (C=O) groups is 1. The first-order valence-corrected chi connectivity index (χ1v) is 4.91. The fourth-order valence-electron chi connectivity index (χ4n) is 1.62. The van der Waals surface area contributed by atoms with Gasteiger partial charge in [-0.05, 0) is 25.2 Å². The first-order valence-electron chi connectivity index (χ1n) is 4.91. The summed E-state index contributed by atoms with van der Waals surface area (Å²) in [5.74, 6) is 0.702. The number of ketones is 1. The van der Waals surface area contributed by atoms with Gasteiger partial charge in [0.25, 0.3) is 0 Å². The smallest absolute Gasteiger partial charge is 0.157 e. The Hall–Kier alpha value is -0.830. The van der Waals surface area contributed by atoms with Crippen LogP contribution >= 0.6 is 0 Å². The molecule has 2 aliphatic rings. The van der Waals surface area contributed by atoms with Crippen LogP contribution in [0.2, 0.25) is 0 Å². The quantitative estimate of drug-likeness (QED) is 0.667. The minimum atomic E-state index is -0.225. The van der Waals surface area contributed by atoms with Crippen LogP contribution in [-0.2, 0) is 4.79 Å². The fraction of sp³-hybridized carbons (Fsp3) is 0.700. The summed E-state index contributed by atoms with van der Waals surface area (Å²) in [6, 6.07) is 0. The lowest BCUT2D eigenvalue weighted by Gasteiger charge is -2.11. The maximum Gasteiger partial charge on any atom is 0.157 e. The highest BCUT2D eigenvalue weighted by atomic mass is 16.3. The molecule has 0 aromatic carbocycles. The zero-order valence-electron chi connectivity index (χ0n) is 7.62. The van der Waals surface area contributed by atoms with Gasteiger partial charge in [-0.25, -0.2) is 0 Å². The van der Waals surface area contributed by atoms with E-state index >= 15 is 0 Å². The molecular formula is C10H15NO2. The standard InChI is InChI=1S/C10H15NO2/c12-9-4-3-8(5-9)11-6-10(13)7-1-2-7/h5,7,10-11,13H,1-4,6H2. The molecule has 0 radical (unpaired) electrons. The van der Waals surface area contributed by atoms with Crippen LogP contribution in [0, 0.1) is 5.92 Å². The van der Waals surface area contributed by atoms with Crippen LogP contribution in [-0.4, -0.2) is 23.5 Å². The number of aliphatic hydroxyl groups excluding tert-OH is 1. The zero-order valence-corrected chi connectivity index (χ0v) is 7.62. The Balaban J connectivity index is 1.72. The highest BCUT2D eigenvalue weighted by Gasteiger charge is 2.29. The van der Waals surface area contributed by atoms with Crippen molar-refractivity contribution in [2.45, 2.75) is 31.8 Å². The molecule has 3 heteroatoms. The van der Waals surface area contributed by atoms with Crippen molar-refractivity contribution in [2.75, 3.05) is 6.54 Å². The van der Waals surface area contributed by atoms with Crippen molar-refractivity contribution in [3.63, 3.8) is 0 Å². The summed E-state index contributed by atoms with van der Waals surface area (Å²) in [4.78, 5) is 10.9. The second-order valence-electron chi connectivity index (χ2n) is 3.92. The van der Waals surface area contributed by atoms with E-state index in [0.717, 1.165) is 25.0 Å². The third-order valence-electron chi connectivity index (χ3n) is 2.68. The Kier molecular flexibility index (Phi) is 2.36. The topological polar surface area (TPSA) is 49.3 Å². The molecule has 1 saturated carbocycles. The van der Waals surface area contributed by atoms with Crippen molar-refractivity contribution in [3.05, 3.63) is 11.8 Å². The third kappa shape index (κ3) is 2.31. The molecule has 0 heterocycles. The van der Waals surface area contributed by atoms with E-state index in [9.17, 15) is 9.90 Å². The van der Waals surface area contributed by atoms with E-state index in [1.54, 1.807) is 6.08 Å². The summed E-state index contributed by atoms with van der Waals surface area (Å²) >= 11 is 0. The predicted octanol–water partition coefficient (Wildman–Crippen LogP) is 0.594. The molecule has 2 aliphatic carbocycles. The van der Waals surface area contributed by atoms with Crippen LogP contribution < -0.4 is 5.32 Å². The molecule has 2 N–H and O–H groups in total. The SMILES string of the molecule is O=C1C=C(NCC(O)C2CC2)CC1. The Morgan fingerprint density at radius 1 is 1.54 bits per heavy atom. The van der Waals surface area contributed by atoms with Crippen LogP contribution in [0.15, 0.2) is 11.8 Å². The molecule has 13 heavy (non-hydrogen) atoms.